The monoisotopic (exact) mass is 378 g/mol. The average Bonchev–Trinajstić information content (AvgIpc) is 2.66. The van der Waals surface area contributed by atoms with Gasteiger partial charge in [0.2, 0.25) is 0 Å². The third-order valence-corrected chi connectivity index (χ3v) is 5.17. The summed E-state index contributed by atoms with van der Waals surface area (Å²) in [5.41, 5.74) is 0.0769. The second-order valence-corrected chi connectivity index (χ2v) is 6.99. The molecule has 0 atom stereocenters. The maximum atomic E-state index is 14.4. The first-order chi connectivity index (χ1) is 13.0. The van der Waals surface area contributed by atoms with Gasteiger partial charge in [0.05, 0.1) is 17.9 Å². The molecule has 2 aromatic rings. The molecule has 4 nitrogen and oxygen atoms in total. The smallest absolute Gasteiger partial charge is 0.168 e. The summed E-state index contributed by atoms with van der Waals surface area (Å²) in [5, 5.41) is 3.34. The maximum Gasteiger partial charge on any atom is 0.168 e. The van der Waals surface area contributed by atoms with E-state index in [0.29, 0.717) is 19.7 Å². The zero-order valence-corrected chi connectivity index (χ0v) is 14.8. The molecule has 1 N–H and O–H groups in total. The van der Waals surface area contributed by atoms with Gasteiger partial charge in [0, 0.05) is 44.4 Å². The lowest BCUT2D eigenvalue weighted by molar-refractivity contribution is -0.0800. The van der Waals surface area contributed by atoms with Crippen LogP contribution in [0.3, 0.4) is 0 Å². The van der Waals surface area contributed by atoms with Gasteiger partial charge in [-0.1, -0.05) is 6.07 Å². The topological polar surface area (TPSA) is 33.7 Å². The molecule has 0 saturated carbocycles. The van der Waals surface area contributed by atoms with E-state index in [4.69, 9.17) is 9.47 Å². The first-order valence-electron chi connectivity index (χ1n) is 9.07. The number of ether oxygens (including phenoxy) is 2. The van der Waals surface area contributed by atoms with Crippen molar-refractivity contribution >= 4 is 5.69 Å². The number of anilines is 1. The molecule has 0 aromatic heterocycles. The summed E-state index contributed by atoms with van der Waals surface area (Å²) in [6.45, 7) is 3.52. The van der Waals surface area contributed by atoms with E-state index in [0.717, 1.165) is 38.1 Å². The van der Waals surface area contributed by atoms with E-state index >= 15 is 0 Å². The highest BCUT2D eigenvalue weighted by molar-refractivity contribution is 5.54. The SMILES string of the molecule is Fc1cccc(Oc2cc(N3CCC4(CC3)CNCCO4)c(F)cc2F)c1. The number of nitrogens with zero attached hydrogens (tertiary/aromatic N) is 1. The summed E-state index contributed by atoms with van der Waals surface area (Å²) in [7, 11) is 0. The van der Waals surface area contributed by atoms with Gasteiger partial charge in [-0.25, -0.2) is 13.2 Å². The molecular weight excluding hydrogens is 357 g/mol. The van der Waals surface area contributed by atoms with Crippen molar-refractivity contribution in [2.24, 2.45) is 0 Å². The molecule has 144 valence electrons. The van der Waals surface area contributed by atoms with Crippen molar-refractivity contribution in [3.8, 4) is 11.5 Å². The molecule has 0 bridgehead atoms. The van der Waals surface area contributed by atoms with Crippen LogP contribution in [0.25, 0.3) is 0 Å². The normalized spacial score (nSPS) is 19.3. The summed E-state index contributed by atoms with van der Waals surface area (Å²) >= 11 is 0. The van der Waals surface area contributed by atoms with Gasteiger partial charge < -0.3 is 19.7 Å². The average molecular weight is 378 g/mol. The summed E-state index contributed by atoms with van der Waals surface area (Å²) in [6, 6.07) is 7.56. The lowest BCUT2D eigenvalue weighted by atomic mass is 9.89. The van der Waals surface area contributed by atoms with Gasteiger partial charge in [-0.2, -0.15) is 0 Å². The Bertz CT molecular complexity index is 815. The second-order valence-electron chi connectivity index (χ2n) is 6.99. The fourth-order valence-corrected chi connectivity index (χ4v) is 3.68. The minimum atomic E-state index is -0.825. The van der Waals surface area contributed by atoms with Crippen LogP contribution < -0.4 is 15.0 Å². The Morgan fingerprint density at radius 2 is 1.85 bits per heavy atom. The first-order valence-corrected chi connectivity index (χ1v) is 9.07. The highest BCUT2D eigenvalue weighted by Gasteiger charge is 2.37. The maximum absolute atomic E-state index is 14.4. The van der Waals surface area contributed by atoms with Crippen molar-refractivity contribution in [2.75, 3.05) is 37.7 Å². The van der Waals surface area contributed by atoms with E-state index in [1.54, 1.807) is 0 Å². The standard InChI is InChI=1S/C20H21F3N2O2/c21-14-2-1-3-15(10-14)27-19-12-18(16(22)11-17(19)23)25-7-4-20(5-8-25)13-24-6-9-26-20/h1-3,10-12,24H,4-9,13H2. The predicted octanol–water partition coefficient (Wildman–Crippen LogP) is 3.86. The van der Waals surface area contributed by atoms with Gasteiger partial charge in [-0.15, -0.1) is 0 Å². The summed E-state index contributed by atoms with van der Waals surface area (Å²) in [6.07, 6.45) is 1.52. The molecule has 27 heavy (non-hydrogen) atoms. The summed E-state index contributed by atoms with van der Waals surface area (Å²) in [4.78, 5) is 1.87. The Hall–Kier alpha value is -2.25. The molecule has 2 saturated heterocycles. The Kier molecular flexibility index (Phi) is 4.97. The van der Waals surface area contributed by atoms with E-state index in [1.165, 1.54) is 24.3 Å². The lowest BCUT2D eigenvalue weighted by Gasteiger charge is -2.44. The molecule has 0 aliphatic carbocycles. The highest BCUT2D eigenvalue weighted by atomic mass is 19.1. The number of benzene rings is 2. The van der Waals surface area contributed by atoms with Crippen LogP contribution in [0.2, 0.25) is 0 Å². The van der Waals surface area contributed by atoms with Gasteiger partial charge in [0.1, 0.15) is 17.4 Å². The van der Waals surface area contributed by atoms with Crippen LogP contribution in [0, 0.1) is 17.5 Å². The zero-order chi connectivity index (χ0) is 18.9. The Labute approximate surface area is 155 Å². The van der Waals surface area contributed by atoms with Gasteiger partial charge in [0.25, 0.3) is 0 Å². The summed E-state index contributed by atoms with van der Waals surface area (Å²) < 4.78 is 53.3. The molecule has 2 aromatic carbocycles. The fraction of sp³-hybridized carbons (Fsp3) is 0.400. The predicted molar refractivity (Wildman–Crippen MR) is 95.8 cm³/mol. The molecule has 0 amide bonds. The van der Waals surface area contributed by atoms with Crippen LogP contribution in [0.4, 0.5) is 18.9 Å². The second kappa shape index (κ2) is 7.40. The molecule has 2 fully saturated rings. The Morgan fingerprint density at radius 3 is 2.56 bits per heavy atom. The number of halogens is 3. The third kappa shape index (κ3) is 3.89. The highest BCUT2D eigenvalue weighted by Crippen LogP contribution is 2.35. The van der Waals surface area contributed by atoms with E-state index in [1.807, 2.05) is 4.90 Å². The van der Waals surface area contributed by atoms with Crippen molar-refractivity contribution < 1.29 is 22.6 Å². The van der Waals surface area contributed by atoms with Crippen LogP contribution in [0.1, 0.15) is 12.8 Å². The number of rotatable bonds is 3. The van der Waals surface area contributed by atoms with E-state index < -0.39 is 17.5 Å². The van der Waals surface area contributed by atoms with Crippen LogP contribution in [0.15, 0.2) is 36.4 Å². The lowest BCUT2D eigenvalue weighted by Crippen LogP contribution is -2.55. The largest absolute Gasteiger partial charge is 0.454 e. The molecule has 4 rings (SSSR count). The van der Waals surface area contributed by atoms with Crippen LogP contribution in [-0.4, -0.2) is 38.4 Å². The number of morpholine rings is 1. The van der Waals surface area contributed by atoms with Crippen molar-refractivity contribution in [2.45, 2.75) is 18.4 Å². The Balaban J connectivity index is 1.53. The van der Waals surface area contributed by atoms with E-state index in [-0.39, 0.29) is 22.8 Å². The van der Waals surface area contributed by atoms with E-state index in [9.17, 15) is 13.2 Å². The number of hydrogen-bond acceptors (Lipinski definition) is 4. The van der Waals surface area contributed by atoms with Crippen LogP contribution >= 0.6 is 0 Å². The quantitative estimate of drug-likeness (QED) is 0.880. The molecule has 1 spiro atoms. The van der Waals surface area contributed by atoms with Gasteiger partial charge in [-0.3, -0.25) is 0 Å². The molecular formula is C20H21F3N2O2. The number of piperidine rings is 1. The first kappa shape index (κ1) is 18.1. The zero-order valence-electron chi connectivity index (χ0n) is 14.8. The van der Waals surface area contributed by atoms with Crippen molar-refractivity contribution in [3.05, 3.63) is 53.8 Å². The van der Waals surface area contributed by atoms with Crippen LogP contribution in [-0.2, 0) is 4.74 Å². The summed E-state index contributed by atoms with van der Waals surface area (Å²) in [5.74, 6) is -1.93. The van der Waals surface area contributed by atoms with Crippen molar-refractivity contribution in [3.63, 3.8) is 0 Å². The van der Waals surface area contributed by atoms with Gasteiger partial charge >= 0.3 is 0 Å². The van der Waals surface area contributed by atoms with Crippen LogP contribution in [0.5, 0.6) is 11.5 Å². The van der Waals surface area contributed by atoms with Gasteiger partial charge in [-0.05, 0) is 25.0 Å². The van der Waals surface area contributed by atoms with Gasteiger partial charge in [0.15, 0.2) is 11.6 Å². The number of hydrogen-bond donors (Lipinski definition) is 1. The Morgan fingerprint density at radius 1 is 1.04 bits per heavy atom. The molecule has 2 aliphatic heterocycles. The molecule has 0 unspecified atom stereocenters. The third-order valence-electron chi connectivity index (χ3n) is 5.17. The molecule has 7 heteroatoms. The molecule has 2 aliphatic rings. The van der Waals surface area contributed by atoms with Crippen molar-refractivity contribution in [1.82, 2.24) is 5.32 Å². The van der Waals surface area contributed by atoms with Crippen molar-refractivity contribution in [1.29, 1.82) is 0 Å². The minimum absolute atomic E-state index is 0.132. The minimum Gasteiger partial charge on any atom is -0.454 e. The molecule has 0 radical (unpaired) electrons. The molecule has 2 heterocycles. The fourth-order valence-electron chi connectivity index (χ4n) is 3.68. The van der Waals surface area contributed by atoms with E-state index in [2.05, 4.69) is 5.32 Å². The number of nitrogens with one attached hydrogen (secondary N) is 1.